The lowest BCUT2D eigenvalue weighted by molar-refractivity contribution is -0.274. The van der Waals surface area contributed by atoms with Gasteiger partial charge in [-0.3, -0.25) is 4.79 Å². The molecule has 0 aliphatic rings. The zero-order valence-electron chi connectivity index (χ0n) is 12.5. The number of rotatable bonds is 7. The monoisotopic (exact) mass is 378 g/mol. The first-order chi connectivity index (χ1) is 11.7. The van der Waals surface area contributed by atoms with Crippen LogP contribution in [0.4, 0.5) is 13.2 Å². The number of amides is 1. The number of hydrogen-bond donors (Lipinski definition) is 2. The summed E-state index contributed by atoms with van der Waals surface area (Å²) in [6, 6.07) is 5.19. The molecular weight excluding hydrogens is 365 g/mol. The van der Waals surface area contributed by atoms with Crippen molar-refractivity contribution in [3.8, 4) is 5.75 Å². The topological polar surface area (TPSA) is 97.6 Å². The van der Waals surface area contributed by atoms with Gasteiger partial charge in [0.2, 0.25) is 10.0 Å². The maximum absolute atomic E-state index is 12.1. The lowest BCUT2D eigenvalue weighted by Crippen LogP contribution is -2.34. The van der Waals surface area contributed by atoms with Crippen LogP contribution in [0.5, 0.6) is 5.75 Å². The number of carbonyl (C=O) groups excluding carboxylic acids is 1. The van der Waals surface area contributed by atoms with Gasteiger partial charge in [0, 0.05) is 13.1 Å². The molecule has 0 saturated heterocycles. The fourth-order valence-corrected chi connectivity index (χ4v) is 2.79. The summed E-state index contributed by atoms with van der Waals surface area (Å²) >= 11 is 0. The highest BCUT2D eigenvalue weighted by Gasteiger charge is 2.31. The first kappa shape index (κ1) is 18.8. The zero-order chi connectivity index (χ0) is 18.5. The number of ether oxygens (including phenoxy) is 1. The van der Waals surface area contributed by atoms with Crippen LogP contribution in [0.3, 0.4) is 0 Å². The maximum Gasteiger partial charge on any atom is 0.573 e. The molecule has 0 radical (unpaired) electrons. The molecule has 2 rings (SSSR count). The summed E-state index contributed by atoms with van der Waals surface area (Å²) in [7, 11) is -3.93. The van der Waals surface area contributed by atoms with Crippen molar-refractivity contribution >= 4 is 15.9 Å². The fraction of sp³-hybridized carbons (Fsp3) is 0.214. The molecule has 2 N–H and O–H groups in total. The second-order valence-electron chi connectivity index (χ2n) is 4.68. The van der Waals surface area contributed by atoms with Crippen LogP contribution in [0.2, 0.25) is 0 Å². The van der Waals surface area contributed by atoms with Gasteiger partial charge in [0.1, 0.15) is 12.0 Å². The lowest BCUT2D eigenvalue weighted by Gasteiger charge is -2.10. The molecule has 0 spiro atoms. The van der Waals surface area contributed by atoms with Gasteiger partial charge in [-0.05, 0) is 30.3 Å². The number of hydrogen-bond acceptors (Lipinski definition) is 5. The Morgan fingerprint density at radius 1 is 1.12 bits per heavy atom. The third-order valence-electron chi connectivity index (χ3n) is 2.85. The number of alkyl halides is 3. The number of furan rings is 1. The highest BCUT2D eigenvalue weighted by molar-refractivity contribution is 7.89. The highest BCUT2D eigenvalue weighted by atomic mass is 32.2. The van der Waals surface area contributed by atoms with Crippen molar-refractivity contribution in [2.75, 3.05) is 13.1 Å². The Bertz CT molecular complexity index is 802. The van der Waals surface area contributed by atoms with Crippen LogP contribution in [0.15, 0.2) is 52.2 Å². The largest absolute Gasteiger partial charge is 0.573 e. The summed E-state index contributed by atoms with van der Waals surface area (Å²) in [5.41, 5.74) is 0.295. The van der Waals surface area contributed by atoms with E-state index < -0.39 is 28.0 Å². The molecular formula is C14H13F3N2O5S. The summed E-state index contributed by atoms with van der Waals surface area (Å²) in [5.74, 6) is -0.958. The Balaban J connectivity index is 1.85. The predicted octanol–water partition coefficient (Wildman–Crippen LogP) is 1.89. The van der Waals surface area contributed by atoms with Crippen LogP contribution in [0.25, 0.3) is 0 Å². The van der Waals surface area contributed by atoms with Gasteiger partial charge in [0.15, 0.2) is 0 Å². The molecule has 0 fully saturated rings. The van der Waals surface area contributed by atoms with Crippen molar-refractivity contribution in [2.45, 2.75) is 11.3 Å². The van der Waals surface area contributed by atoms with Gasteiger partial charge in [0.25, 0.3) is 5.91 Å². The molecule has 0 aliphatic heterocycles. The molecule has 1 aromatic heterocycles. The minimum Gasteiger partial charge on any atom is -0.472 e. The molecule has 0 saturated carbocycles. The van der Waals surface area contributed by atoms with Crippen LogP contribution < -0.4 is 14.8 Å². The van der Waals surface area contributed by atoms with Gasteiger partial charge >= 0.3 is 6.36 Å². The van der Waals surface area contributed by atoms with Crippen molar-refractivity contribution < 1.29 is 35.5 Å². The summed E-state index contributed by atoms with van der Waals surface area (Å²) in [4.78, 5) is 11.4. The van der Waals surface area contributed by atoms with E-state index in [0.29, 0.717) is 5.56 Å². The van der Waals surface area contributed by atoms with Crippen LogP contribution in [0.1, 0.15) is 10.4 Å². The third-order valence-corrected chi connectivity index (χ3v) is 4.33. The molecule has 0 bridgehead atoms. The van der Waals surface area contributed by atoms with E-state index in [1.54, 1.807) is 0 Å². The van der Waals surface area contributed by atoms with Crippen LogP contribution in [-0.4, -0.2) is 33.8 Å². The second-order valence-corrected chi connectivity index (χ2v) is 6.45. The molecule has 1 amide bonds. The van der Waals surface area contributed by atoms with Crippen LogP contribution in [0, 0.1) is 0 Å². The fourth-order valence-electron chi connectivity index (χ4n) is 1.76. The van der Waals surface area contributed by atoms with Gasteiger partial charge in [-0.15, -0.1) is 13.2 Å². The van der Waals surface area contributed by atoms with Gasteiger partial charge < -0.3 is 14.5 Å². The molecule has 1 aromatic carbocycles. The minimum atomic E-state index is -4.86. The molecule has 136 valence electrons. The SMILES string of the molecule is O=C(NCCNS(=O)(=O)c1ccc(OC(F)(F)F)cc1)c1ccoc1. The smallest absolute Gasteiger partial charge is 0.472 e. The Morgan fingerprint density at radius 3 is 2.36 bits per heavy atom. The van der Waals surface area contributed by atoms with Gasteiger partial charge in [-0.25, -0.2) is 13.1 Å². The van der Waals surface area contributed by atoms with E-state index in [9.17, 15) is 26.4 Å². The summed E-state index contributed by atoms with van der Waals surface area (Å²) in [6.45, 7) is -0.0920. The first-order valence-corrected chi connectivity index (χ1v) is 8.31. The van der Waals surface area contributed by atoms with E-state index in [1.807, 2.05) is 0 Å². The average Bonchev–Trinajstić information content (AvgIpc) is 3.05. The summed E-state index contributed by atoms with van der Waals surface area (Å²) in [6.07, 6.45) is -2.29. The lowest BCUT2D eigenvalue weighted by atomic mass is 10.3. The van der Waals surface area contributed by atoms with Gasteiger partial charge in [-0.2, -0.15) is 0 Å². The number of halogens is 3. The van der Waals surface area contributed by atoms with Crippen molar-refractivity contribution in [1.82, 2.24) is 10.0 Å². The van der Waals surface area contributed by atoms with E-state index in [0.717, 1.165) is 24.3 Å². The Kier molecular flexibility index (Phi) is 5.69. The van der Waals surface area contributed by atoms with E-state index in [2.05, 4.69) is 14.8 Å². The predicted molar refractivity (Wildman–Crippen MR) is 79.4 cm³/mol. The van der Waals surface area contributed by atoms with Crippen LogP contribution >= 0.6 is 0 Å². The van der Waals surface area contributed by atoms with Crippen molar-refractivity contribution in [3.05, 3.63) is 48.4 Å². The average molecular weight is 378 g/mol. The second kappa shape index (κ2) is 7.57. The maximum atomic E-state index is 12.1. The molecule has 2 aromatic rings. The van der Waals surface area contributed by atoms with Crippen molar-refractivity contribution in [1.29, 1.82) is 0 Å². The van der Waals surface area contributed by atoms with Gasteiger partial charge in [-0.1, -0.05) is 0 Å². The zero-order valence-corrected chi connectivity index (χ0v) is 13.4. The standard InChI is InChI=1S/C14H13F3N2O5S/c15-14(16,17)24-11-1-3-12(4-2-11)25(21,22)19-7-6-18-13(20)10-5-8-23-9-10/h1-5,8-9,19H,6-7H2,(H,18,20). The summed E-state index contributed by atoms with van der Waals surface area (Å²) in [5, 5.41) is 2.47. The Morgan fingerprint density at radius 2 is 1.80 bits per heavy atom. The number of sulfonamides is 1. The minimum absolute atomic E-state index is 0.0124. The molecule has 11 heteroatoms. The molecule has 1 heterocycles. The number of carbonyl (C=O) groups is 1. The van der Waals surface area contributed by atoms with Crippen molar-refractivity contribution in [3.63, 3.8) is 0 Å². The summed E-state index contributed by atoms with van der Waals surface area (Å²) < 4.78 is 70.8. The van der Waals surface area contributed by atoms with E-state index in [4.69, 9.17) is 4.42 Å². The first-order valence-electron chi connectivity index (χ1n) is 6.83. The van der Waals surface area contributed by atoms with E-state index in [1.165, 1.54) is 18.6 Å². The third kappa shape index (κ3) is 5.80. The molecule has 0 unspecified atom stereocenters. The van der Waals surface area contributed by atoms with Gasteiger partial charge in [0.05, 0.1) is 16.7 Å². The van der Waals surface area contributed by atoms with E-state index >= 15 is 0 Å². The van der Waals surface area contributed by atoms with E-state index in [-0.39, 0.29) is 18.0 Å². The number of nitrogens with one attached hydrogen (secondary N) is 2. The Labute approximate surface area is 140 Å². The quantitative estimate of drug-likeness (QED) is 0.717. The highest BCUT2D eigenvalue weighted by Crippen LogP contribution is 2.23. The number of benzene rings is 1. The van der Waals surface area contributed by atoms with Crippen molar-refractivity contribution in [2.24, 2.45) is 0 Å². The molecule has 7 nitrogen and oxygen atoms in total. The molecule has 0 aliphatic carbocycles. The Hall–Kier alpha value is -2.53. The molecule has 25 heavy (non-hydrogen) atoms. The van der Waals surface area contributed by atoms with Crippen LogP contribution in [-0.2, 0) is 10.0 Å². The molecule has 0 atom stereocenters. The normalized spacial score (nSPS) is 12.0.